The largest absolute Gasteiger partial charge is 0.427 e. The molecule has 6 rings (SSSR count). The van der Waals surface area contributed by atoms with Gasteiger partial charge in [0.1, 0.15) is 73.2 Å². The van der Waals surface area contributed by atoms with Gasteiger partial charge in [0.2, 0.25) is 0 Å². The Balaban J connectivity index is 1.26. The number of hydrogen-bond donors (Lipinski definition) is 12. The van der Waals surface area contributed by atoms with Gasteiger partial charge in [-0.15, -0.1) is 0 Å². The summed E-state index contributed by atoms with van der Waals surface area (Å²) < 4.78 is 40.7. The van der Waals surface area contributed by atoms with Crippen LogP contribution in [0, 0.1) is 11.8 Å². The molecule has 19 nitrogen and oxygen atoms in total. The van der Waals surface area contributed by atoms with Crippen molar-refractivity contribution in [2.75, 3.05) is 19.8 Å². The first-order chi connectivity index (χ1) is 24.3. The molecule has 19 heteroatoms. The first-order valence-corrected chi connectivity index (χ1v) is 17.9. The lowest BCUT2D eigenvalue weighted by Gasteiger charge is -2.50. The van der Waals surface area contributed by atoms with Crippen LogP contribution >= 0.6 is 0 Å². The van der Waals surface area contributed by atoms with Crippen LogP contribution in [-0.2, 0) is 28.4 Å². The number of fused-ring (bicyclic) bond motifs is 1. The quantitative estimate of drug-likeness (QED) is 0.0978. The molecule has 0 radical (unpaired) electrons. The van der Waals surface area contributed by atoms with Gasteiger partial charge in [-0.1, -0.05) is 0 Å². The summed E-state index contributed by atoms with van der Waals surface area (Å²) in [6.07, 6.45) is -22.8. The van der Waals surface area contributed by atoms with E-state index in [1.165, 1.54) is 0 Å². The number of aliphatic hydroxyl groups is 14. The maximum absolute atomic E-state index is 11.2. The summed E-state index contributed by atoms with van der Waals surface area (Å²) in [5.41, 5.74) is 0. The second kappa shape index (κ2) is 16.9. The Morgan fingerprint density at radius 3 is 1.82 bits per heavy atom. The van der Waals surface area contributed by atoms with Crippen LogP contribution in [0.2, 0.25) is 0 Å². The summed E-state index contributed by atoms with van der Waals surface area (Å²) in [6.45, 7) is -1.76. The minimum atomic E-state index is -1.74. The molecule has 20 atom stereocenters. The molecule has 0 aromatic heterocycles. The van der Waals surface area contributed by atoms with Gasteiger partial charge in [-0.05, 0) is 32.1 Å². The van der Waals surface area contributed by atoms with Crippen molar-refractivity contribution in [1.82, 2.24) is 0 Å². The van der Waals surface area contributed by atoms with Crippen LogP contribution in [-0.4, -0.2) is 208 Å². The van der Waals surface area contributed by atoms with Gasteiger partial charge in [-0.3, -0.25) is 0 Å². The third-order valence-electron chi connectivity index (χ3n) is 11.5. The molecule has 2 aliphatic carbocycles. The van der Waals surface area contributed by atoms with E-state index in [4.69, 9.17) is 33.2 Å². The number of rotatable bonds is 9. The molecule has 13 N–H and O–H groups in total. The molecule has 0 amide bonds. The van der Waals surface area contributed by atoms with E-state index in [1.807, 2.05) is 0 Å². The van der Waals surface area contributed by atoms with Gasteiger partial charge < -0.3 is 94.4 Å². The first kappa shape index (κ1) is 39.9. The number of aliphatic hydroxyl groups excluding tert-OH is 12. The van der Waals surface area contributed by atoms with Gasteiger partial charge in [0, 0.05) is 18.8 Å². The van der Waals surface area contributed by atoms with Gasteiger partial charge in [-0.25, -0.2) is 0 Å². The minimum Gasteiger partial charge on any atom is -0.427 e. The molecule has 0 bridgehead atoms. The van der Waals surface area contributed by atoms with Crippen molar-refractivity contribution in [3.05, 3.63) is 0 Å². The lowest BCUT2D eigenvalue weighted by atomic mass is 9.73. The fourth-order valence-corrected chi connectivity index (χ4v) is 8.50. The van der Waals surface area contributed by atoms with E-state index in [9.17, 15) is 61.3 Å². The van der Waals surface area contributed by atoms with Crippen LogP contribution in [0.5, 0.6) is 0 Å². The number of hydrogen-bond acceptors (Lipinski definition) is 18. The minimum absolute atomic E-state index is 0.0736. The van der Waals surface area contributed by atoms with E-state index in [0.29, 0.717) is 25.7 Å². The molecule has 0 aromatic carbocycles. The molecule has 6 unspecified atom stereocenters. The van der Waals surface area contributed by atoms with E-state index in [0.717, 1.165) is 0 Å². The van der Waals surface area contributed by atoms with Gasteiger partial charge in [0.25, 0.3) is 0 Å². The molecule has 0 aromatic rings. The summed E-state index contributed by atoms with van der Waals surface area (Å²) >= 11 is 0. The van der Waals surface area contributed by atoms with Crippen molar-refractivity contribution in [3.8, 4) is 0 Å². The normalized spacial score (nSPS) is 54.1. The maximum atomic E-state index is 11.2. The van der Waals surface area contributed by atoms with Crippen LogP contribution in [0.25, 0.3) is 0 Å². The topological polar surface area (TPSA) is 311 Å². The third-order valence-corrected chi connectivity index (χ3v) is 11.5. The number of ether oxygens (including phenoxy) is 7. The van der Waals surface area contributed by atoms with Gasteiger partial charge in [0.05, 0.1) is 44.1 Å². The second-order valence-corrected chi connectivity index (χ2v) is 14.9. The molecule has 2 saturated carbocycles. The Kier molecular flexibility index (Phi) is 13.3. The summed E-state index contributed by atoms with van der Waals surface area (Å²) in [5.74, 6) is -0.543. The van der Waals surface area contributed by atoms with E-state index in [1.54, 1.807) is 0 Å². The molecule has 6 fully saturated rings. The second-order valence-electron chi connectivity index (χ2n) is 14.9. The van der Waals surface area contributed by atoms with Crippen LogP contribution in [0.15, 0.2) is 0 Å². The van der Waals surface area contributed by atoms with E-state index >= 15 is 0 Å². The highest BCUT2D eigenvalue weighted by atomic mass is 16.8. The van der Waals surface area contributed by atoms with Crippen molar-refractivity contribution in [2.24, 2.45) is 11.8 Å². The van der Waals surface area contributed by atoms with Crippen molar-refractivity contribution < 1.29 is 94.4 Å². The van der Waals surface area contributed by atoms with E-state index in [-0.39, 0.29) is 25.2 Å². The van der Waals surface area contributed by atoms with E-state index in [2.05, 4.69) is 0 Å². The fraction of sp³-hybridized carbons (Fsp3) is 1.00. The molecular weight excluding hydrogens is 688 g/mol. The Morgan fingerprint density at radius 2 is 1.16 bits per heavy atom. The Labute approximate surface area is 293 Å². The zero-order valence-corrected chi connectivity index (χ0v) is 28.0. The monoisotopic (exact) mass is 743 g/mol. The van der Waals surface area contributed by atoms with Crippen molar-refractivity contribution in [1.29, 1.82) is 0 Å². The Morgan fingerprint density at radius 1 is 0.549 bits per heavy atom. The summed E-state index contributed by atoms with van der Waals surface area (Å²) in [7, 11) is 0. The molecule has 51 heavy (non-hydrogen) atoms. The third kappa shape index (κ3) is 8.42. The molecule has 296 valence electrons. The highest BCUT2D eigenvalue weighted by Gasteiger charge is 2.57. The van der Waals surface area contributed by atoms with E-state index < -0.39 is 148 Å². The SMILES string of the molecule is OC[C@H]1O[C@@H](OC2CC(O)CC3[OH+]C(C4CCC(O)CC4)C(O[C@@H]4O[C@H](CO)[C@@H](O)[C@H](O)[C@H]4O[C@@H]4OC[C@@H](O)[C@H](O)[C@H]4O)CC23)[C@H](O)[C@@H](O)[C@@H]1O. The first-order valence-electron chi connectivity index (χ1n) is 17.9. The maximum Gasteiger partial charge on any atom is 0.187 e. The summed E-state index contributed by atoms with van der Waals surface area (Å²) in [5, 5.41) is 125. The van der Waals surface area contributed by atoms with Crippen LogP contribution in [0.4, 0.5) is 0 Å². The van der Waals surface area contributed by atoms with Gasteiger partial charge >= 0.3 is 0 Å². The average Bonchev–Trinajstić information content (AvgIpc) is 3.11. The molecule has 4 saturated heterocycles. The fourth-order valence-electron chi connectivity index (χ4n) is 8.50. The average molecular weight is 744 g/mol. The lowest BCUT2D eigenvalue weighted by Crippen LogP contribution is -2.65. The zero-order valence-electron chi connectivity index (χ0n) is 28.0. The lowest BCUT2D eigenvalue weighted by molar-refractivity contribution is -0.385. The van der Waals surface area contributed by atoms with Crippen molar-refractivity contribution >= 4 is 0 Å². The van der Waals surface area contributed by atoms with Gasteiger partial charge in [0.15, 0.2) is 31.1 Å². The molecule has 4 aliphatic heterocycles. The van der Waals surface area contributed by atoms with Crippen LogP contribution in [0.3, 0.4) is 0 Å². The smallest absolute Gasteiger partial charge is 0.187 e. The Hall–Kier alpha value is -0.760. The molecule has 4 heterocycles. The Bertz CT molecular complexity index is 1100. The molecule has 6 aliphatic rings. The highest BCUT2D eigenvalue weighted by Crippen LogP contribution is 2.44. The standard InChI is InChI=1S/C32H54O19/c33-8-19-22(39)24(41)27(44)31(49-19)47-17-6-13(36)5-16-14(17)7-18(28(46-16)11-1-3-12(35)4-2-11)48-32-29(25(42)23(40)20(9-34)50-32)51-30-26(43)21(38)15(37)10-45-30/h11-44H,1-10H2/p+1/t11?,12?,13?,14?,15-,16?,17?,18?,19-,20-,21+,22-,23-,24+,25+,26-,27-,28?,29-,30+,31-,32-/m1/s1. The molecule has 0 spiro atoms. The zero-order chi connectivity index (χ0) is 36.7. The predicted molar refractivity (Wildman–Crippen MR) is 165 cm³/mol. The summed E-state index contributed by atoms with van der Waals surface area (Å²) in [4.78, 5) is 0. The van der Waals surface area contributed by atoms with Crippen molar-refractivity contribution in [3.63, 3.8) is 0 Å². The molecular formula is C32H55O19+. The predicted octanol–water partition coefficient (Wildman–Crippen LogP) is -6.19. The summed E-state index contributed by atoms with van der Waals surface area (Å²) in [6, 6.07) is 0. The highest BCUT2D eigenvalue weighted by molar-refractivity contribution is 5.00. The van der Waals surface area contributed by atoms with Crippen LogP contribution in [0.1, 0.15) is 44.9 Å². The van der Waals surface area contributed by atoms with Crippen molar-refractivity contribution in [2.45, 2.75) is 168 Å². The van der Waals surface area contributed by atoms with Gasteiger partial charge in [-0.2, -0.15) is 0 Å². The van der Waals surface area contributed by atoms with Crippen LogP contribution < -0.4 is 0 Å².